The molecule has 1 atom stereocenters. The van der Waals surface area contributed by atoms with Gasteiger partial charge in [0.15, 0.2) is 0 Å². The van der Waals surface area contributed by atoms with Crippen LogP contribution in [0.2, 0.25) is 0 Å². The van der Waals surface area contributed by atoms with Gasteiger partial charge >= 0.3 is 0 Å². The highest BCUT2D eigenvalue weighted by Gasteiger charge is 2.29. The number of alkyl halides is 1. The van der Waals surface area contributed by atoms with Crippen molar-refractivity contribution >= 4 is 31.9 Å². The molecule has 2 heteroatoms. The van der Waals surface area contributed by atoms with E-state index in [1.807, 2.05) is 0 Å². The number of halogens is 2. The minimum atomic E-state index is 0.267. The summed E-state index contributed by atoms with van der Waals surface area (Å²) >= 11 is 7.74. The van der Waals surface area contributed by atoms with Crippen molar-refractivity contribution in [1.82, 2.24) is 0 Å². The van der Waals surface area contributed by atoms with Crippen LogP contribution in [0.3, 0.4) is 0 Å². The molecule has 0 nitrogen and oxygen atoms in total. The maximum absolute atomic E-state index is 3.88. The van der Waals surface area contributed by atoms with E-state index in [-0.39, 0.29) is 4.83 Å². The van der Waals surface area contributed by atoms with Crippen molar-refractivity contribution in [1.29, 1.82) is 0 Å². The van der Waals surface area contributed by atoms with Gasteiger partial charge in [0.1, 0.15) is 0 Å². The molecule has 1 aliphatic rings. The molecule has 0 saturated carbocycles. The Kier molecular flexibility index (Phi) is 3.67. The zero-order valence-corrected chi connectivity index (χ0v) is 15.1. The monoisotopic (exact) mass is 412 g/mol. The van der Waals surface area contributed by atoms with Crippen molar-refractivity contribution < 1.29 is 0 Å². The fourth-order valence-corrected chi connectivity index (χ4v) is 5.09. The molecule has 0 heterocycles. The van der Waals surface area contributed by atoms with E-state index < -0.39 is 0 Å². The van der Waals surface area contributed by atoms with Gasteiger partial charge in [-0.3, -0.25) is 0 Å². The number of benzene rings is 3. The summed E-state index contributed by atoms with van der Waals surface area (Å²) in [6.45, 7) is 0. The van der Waals surface area contributed by atoms with Crippen molar-refractivity contribution in [2.24, 2.45) is 0 Å². The molecule has 3 aromatic rings. The molecule has 0 spiro atoms. The second-order valence-electron chi connectivity index (χ2n) is 5.61. The van der Waals surface area contributed by atoms with Crippen molar-refractivity contribution in [3.05, 3.63) is 93.5 Å². The molecular formula is C20H14Br2. The van der Waals surface area contributed by atoms with Gasteiger partial charge in [-0.15, -0.1) is 0 Å². The minimum absolute atomic E-state index is 0.267. The Balaban J connectivity index is 1.81. The average molecular weight is 414 g/mol. The number of hydrogen-bond acceptors (Lipinski definition) is 0. The predicted octanol–water partition coefficient (Wildman–Crippen LogP) is 6.50. The summed E-state index contributed by atoms with van der Waals surface area (Å²) in [6, 6.07) is 23.8. The van der Waals surface area contributed by atoms with Crippen molar-refractivity contribution in [3.63, 3.8) is 0 Å². The lowest BCUT2D eigenvalue weighted by molar-refractivity contribution is 1.14. The molecule has 1 aliphatic carbocycles. The van der Waals surface area contributed by atoms with Crippen LogP contribution >= 0.6 is 31.9 Å². The van der Waals surface area contributed by atoms with E-state index in [4.69, 9.17) is 0 Å². The molecule has 0 bridgehead atoms. The summed E-state index contributed by atoms with van der Waals surface area (Å²) in [5.41, 5.74) is 8.06. The summed E-state index contributed by atoms with van der Waals surface area (Å²) in [5.74, 6) is 0. The Morgan fingerprint density at radius 3 is 2.32 bits per heavy atom. The highest BCUT2D eigenvalue weighted by Crippen LogP contribution is 2.51. The quantitative estimate of drug-likeness (QED) is 0.420. The van der Waals surface area contributed by atoms with Crippen LogP contribution in [0.1, 0.15) is 27.1 Å². The molecule has 0 amide bonds. The molecule has 4 rings (SSSR count). The normalized spacial score (nSPS) is 15.5. The first-order valence-corrected chi connectivity index (χ1v) is 9.05. The van der Waals surface area contributed by atoms with Gasteiger partial charge in [0.2, 0.25) is 0 Å². The molecule has 0 aliphatic heterocycles. The summed E-state index contributed by atoms with van der Waals surface area (Å²) in [5, 5.41) is 0. The molecule has 0 N–H and O–H groups in total. The smallest absolute Gasteiger partial charge is 0.0667 e. The van der Waals surface area contributed by atoms with E-state index in [1.54, 1.807) is 0 Å². The number of rotatable bonds is 2. The largest absolute Gasteiger partial charge is 0.0786 e. The fraction of sp³-hybridized carbons (Fsp3) is 0.100. The van der Waals surface area contributed by atoms with Crippen LogP contribution in [-0.2, 0) is 6.42 Å². The van der Waals surface area contributed by atoms with Gasteiger partial charge in [-0.25, -0.2) is 0 Å². The lowest BCUT2D eigenvalue weighted by atomic mass is 9.99. The first-order valence-electron chi connectivity index (χ1n) is 7.34. The van der Waals surface area contributed by atoms with Crippen molar-refractivity contribution in [2.45, 2.75) is 11.2 Å². The Hall–Kier alpha value is -1.38. The van der Waals surface area contributed by atoms with Crippen LogP contribution in [0, 0.1) is 0 Å². The maximum Gasteiger partial charge on any atom is 0.0667 e. The van der Waals surface area contributed by atoms with Crippen LogP contribution in [0.15, 0.2) is 71.2 Å². The van der Waals surface area contributed by atoms with Gasteiger partial charge in [-0.2, -0.15) is 0 Å². The molecule has 0 saturated heterocycles. The first kappa shape index (κ1) is 14.2. The highest BCUT2D eigenvalue weighted by molar-refractivity contribution is 9.11. The average Bonchev–Trinajstić information content (AvgIpc) is 2.85. The number of hydrogen-bond donors (Lipinski definition) is 0. The van der Waals surface area contributed by atoms with E-state index in [0.29, 0.717) is 0 Å². The molecule has 108 valence electrons. The third kappa shape index (κ3) is 2.26. The molecule has 0 aromatic heterocycles. The molecule has 3 aromatic carbocycles. The van der Waals surface area contributed by atoms with Gasteiger partial charge in [-0.05, 0) is 39.8 Å². The molecule has 0 radical (unpaired) electrons. The van der Waals surface area contributed by atoms with E-state index in [2.05, 4.69) is 98.6 Å². The van der Waals surface area contributed by atoms with Crippen molar-refractivity contribution in [3.8, 4) is 11.1 Å². The second kappa shape index (κ2) is 5.68. The third-order valence-corrected chi connectivity index (χ3v) is 6.16. The van der Waals surface area contributed by atoms with E-state index in [9.17, 15) is 0 Å². The lowest BCUT2D eigenvalue weighted by Crippen LogP contribution is -1.95. The van der Waals surface area contributed by atoms with Crippen LogP contribution in [0.4, 0.5) is 0 Å². The molecular weight excluding hydrogens is 400 g/mol. The Bertz CT molecular complexity index is 838. The highest BCUT2D eigenvalue weighted by atomic mass is 79.9. The topological polar surface area (TPSA) is 0 Å². The van der Waals surface area contributed by atoms with Gasteiger partial charge in [-0.1, -0.05) is 98.6 Å². The Morgan fingerprint density at radius 1 is 0.773 bits per heavy atom. The molecule has 0 fully saturated rings. The van der Waals surface area contributed by atoms with E-state index in [1.165, 1.54) is 37.9 Å². The molecule has 22 heavy (non-hydrogen) atoms. The Labute approximate surface area is 147 Å². The van der Waals surface area contributed by atoms with E-state index >= 15 is 0 Å². The minimum Gasteiger partial charge on any atom is -0.0786 e. The maximum atomic E-state index is 3.88. The summed E-state index contributed by atoms with van der Waals surface area (Å²) in [6.07, 6.45) is 0.949. The fourth-order valence-electron chi connectivity index (χ4n) is 3.19. The Morgan fingerprint density at radius 2 is 1.50 bits per heavy atom. The van der Waals surface area contributed by atoms with Crippen molar-refractivity contribution in [2.75, 3.05) is 0 Å². The zero-order valence-electron chi connectivity index (χ0n) is 11.9. The molecule has 1 unspecified atom stereocenters. The summed E-state index contributed by atoms with van der Waals surface area (Å²) in [4.78, 5) is 0.267. The van der Waals surface area contributed by atoms with Crippen LogP contribution in [-0.4, -0.2) is 0 Å². The third-order valence-electron chi connectivity index (χ3n) is 4.27. The first-order chi connectivity index (χ1) is 10.8. The predicted molar refractivity (Wildman–Crippen MR) is 99.6 cm³/mol. The van der Waals surface area contributed by atoms with Crippen LogP contribution < -0.4 is 0 Å². The van der Waals surface area contributed by atoms with Crippen LogP contribution in [0.5, 0.6) is 0 Å². The second-order valence-corrected chi connectivity index (χ2v) is 7.32. The van der Waals surface area contributed by atoms with Gasteiger partial charge in [0.05, 0.1) is 4.83 Å². The SMILES string of the molecule is Brc1c(Cc2ccccc2)ccc2c1C(Br)c1ccccc1-2. The van der Waals surface area contributed by atoms with Gasteiger partial charge in [0, 0.05) is 4.47 Å². The van der Waals surface area contributed by atoms with Gasteiger partial charge < -0.3 is 0 Å². The summed E-state index contributed by atoms with van der Waals surface area (Å²) in [7, 11) is 0. The van der Waals surface area contributed by atoms with E-state index in [0.717, 1.165) is 6.42 Å². The lowest BCUT2D eigenvalue weighted by Gasteiger charge is -2.12. The zero-order chi connectivity index (χ0) is 15.1. The van der Waals surface area contributed by atoms with Gasteiger partial charge in [0.25, 0.3) is 0 Å². The summed E-state index contributed by atoms with van der Waals surface area (Å²) < 4.78 is 1.23. The van der Waals surface area contributed by atoms with Crippen LogP contribution in [0.25, 0.3) is 11.1 Å². The standard InChI is InChI=1S/C20H14Br2/c21-19-14(12-13-6-2-1-3-7-13)10-11-16-15-8-4-5-9-17(15)20(22)18(16)19/h1-11,20H,12H2. The number of fused-ring (bicyclic) bond motifs is 3.